The minimum absolute atomic E-state index is 0.230. The first kappa shape index (κ1) is 12.9. The van der Waals surface area contributed by atoms with Crippen LogP contribution in [0.4, 0.5) is 17.6 Å². The molecule has 0 aromatic heterocycles. The highest BCUT2D eigenvalue weighted by Gasteiger charge is 2.30. The number of halogens is 4. The van der Waals surface area contributed by atoms with E-state index >= 15 is 0 Å². The highest BCUT2D eigenvalue weighted by atomic mass is 19.4. The Morgan fingerprint density at radius 3 is 2.65 bits per heavy atom. The summed E-state index contributed by atoms with van der Waals surface area (Å²) in [5, 5.41) is 3.05. The van der Waals surface area contributed by atoms with Crippen LogP contribution in [0.15, 0.2) is 23.3 Å². The number of hydrogen-bond acceptors (Lipinski definition) is 1. The lowest BCUT2D eigenvalue weighted by atomic mass is 10.1. The first-order chi connectivity index (χ1) is 7.95. The maximum atomic E-state index is 13.1. The molecule has 0 aliphatic carbocycles. The van der Waals surface area contributed by atoms with Gasteiger partial charge in [-0.1, -0.05) is 17.0 Å². The molecule has 88 valence electrons. The van der Waals surface area contributed by atoms with E-state index in [0.717, 1.165) is 0 Å². The van der Waals surface area contributed by atoms with Gasteiger partial charge in [0.1, 0.15) is 5.82 Å². The van der Waals surface area contributed by atoms with Gasteiger partial charge in [-0.05, 0) is 23.7 Å². The topological polar surface area (TPSA) is 48.8 Å². The molecule has 1 rings (SSSR count). The maximum Gasteiger partial charge on any atom is 0.416 e. The van der Waals surface area contributed by atoms with Crippen LogP contribution in [0.2, 0.25) is 0 Å². The molecule has 3 nitrogen and oxygen atoms in total. The van der Waals surface area contributed by atoms with E-state index in [9.17, 15) is 17.6 Å². The standard InChI is InChI=1S/C10H5F4N3/c11-9-4-3-8(10(12,13)14)6-7(9)2-1-5-16-17-15/h3-4,6H,5H2. The third-order valence-corrected chi connectivity index (χ3v) is 1.73. The Morgan fingerprint density at radius 2 is 2.06 bits per heavy atom. The van der Waals surface area contributed by atoms with Gasteiger partial charge < -0.3 is 0 Å². The van der Waals surface area contributed by atoms with Crippen LogP contribution in [-0.4, -0.2) is 6.54 Å². The van der Waals surface area contributed by atoms with Gasteiger partial charge in [0, 0.05) is 4.91 Å². The van der Waals surface area contributed by atoms with E-state index in [4.69, 9.17) is 5.53 Å². The van der Waals surface area contributed by atoms with Crippen molar-refractivity contribution in [3.63, 3.8) is 0 Å². The summed E-state index contributed by atoms with van der Waals surface area (Å²) in [6.07, 6.45) is -4.55. The summed E-state index contributed by atoms with van der Waals surface area (Å²) < 4.78 is 50.0. The van der Waals surface area contributed by atoms with Crippen molar-refractivity contribution in [2.24, 2.45) is 5.11 Å². The molecule has 0 bridgehead atoms. The molecule has 7 heteroatoms. The summed E-state index contributed by atoms with van der Waals surface area (Å²) in [7, 11) is 0. The van der Waals surface area contributed by atoms with Crippen molar-refractivity contribution in [1.29, 1.82) is 0 Å². The van der Waals surface area contributed by atoms with Crippen molar-refractivity contribution in [3.8, 4) is 11.8 Å². The van der Waals surface area contributed by atoms with Crippen molar-refractivity contribution >= 4 is 0 Å². The Labute approximate surface area is 93.7 Å². The molecule has 0 amide bonds. The Morgan fingerprint density at radius 1 is 1.35 bits per heavy atom. The van der Waals surface area contributed by atoms with Crippen LogP contribution in [0.1, 0.15) is 11.1 Å². The molecule has 1 aromatic carbocycles. The van der Waals surface area contributed by atoms with Crippen LogP contribution >= 0.6 is 0 Å². The average molecular weight is 243 g/mol. The predicted molar refractivity (Wildman–Crippen MR) is 52.3 cm³/mol. The minimum Gasteiger partial charge on any atom is -0.206 e. The molecular weight excluding hydrogens is 238 g/mol. The van der Waals surface area contributed by atoms with Crippen LogP contribution in [0.25, 0.3) is 10.4 Å². The molecule has 17 heavy (non-hydrogen) atoms. The lowest BCUT2D eigenvalue weighted by Gasteiger charge is -2.06. The Kier molecular flexibility index (Phi) is 3.96. The Hall–Kier alpha value is -2.19. The van der Waals surface area contributed by atoms with Crippen LogP contribution in [0, 0.1) is 17.7 Å². The highest BCUT2D eigenvalue weighted by Crippen LogP contribution is 2.30. The molecule has 0 heterocycles. The summed E-state index contributed by atoms with van der Waals surface area (Å²) in [6, 6.07) is 1.94. The van der Waals surface area contributed by atoms with E-state index in [1.165, 1.54) is 0 Å². The largest absolute Gasteiger partial charge is 0.416 e. The van der Waals surface area contributed by atoms with Crippen LogP contribution in [-0.2, 0) is 6.18 Å². The van der Waals surface area contributed by atoms with E-state index in [1.54, 1.807) is 0 Å². The second-order valence-electron chi connectivity index (χ2n) is 2.88. The van der Waals surface area contributed by atoms with Crippen molar-refractivity contribution in [3.05, 3.63) is 45.6 Å². The molecule has 0 aliphatic rings. The maximum absolute atomic E-state index is 13.1. The molecule has 0 spiro atoms. The smallest absolute Gasteiger partial charge is 0.206 e. The fraction of sp³-hybridized carbons (Fsp3) is 0.200. The van der Waals surface area contributed by atoms with Gasteiger partial charge >= 0.3 is 6.18 Å². The average Bonchev–Trinajstić information content (AvgIpc) is 2.25. The molecule has 0 N–H and O–H groups in total. The quantitative estimate of drug-likeness (QED) is 0.238. The van der Waals surface area contributed by atoms with Gasteiger partial charge in [0.05, 0.1) is 17.7 Å². The lowest BCUT2D eigenvalue weighted by Crippen LogP contribution is -2.05. The van der Waals surface area contributed by atoms with E-state index < -0.39 is 17.6 Å². The number of rotatable bonds is 1. The van der Waals surface area contributed by atoms with Gasteiger partial charge in [-0.15, -0.1) is 0 Å². The van der Waals surface area contributed by atoms with E-state index in [2.05, 4.69) is 21.9 Å². The Bertz CT molecular complexity index is 519. The number of hydrogen-bond donors (Lipinski definition) is 0. The predicted octanol–water partition coefficient (Wildman–Crippen LogP) is 3.51. The summed E-state index contributed by atoms with van der Waals surface area (Å²) in [4.78, 5) is 2.39. The van der Waals surface area contributed by atoms with Crippen LogP contribution in [0.5, 0.6) is 0 Å². The fourth-order valence-corrected chi connectivity index (χ4v) is 0.999. The third kappa shape index (κ3) is 3.70. The van der Waals surface area contributed by atoms with Crippen molar-refractivity contribution in [2.45, 2.75) is 6.18 Å². The van der Waals surface area contributed by atoms with Gasteiger partial charge in [-0.3, -0.25) is 0 Å². The number of benzene rings is 1. The van der Waals surface area contributed by atoms with Crippen molar-refractivity contribution in [1.82, 2.24) is 0 Å². The van der Waals surface area contributed by atoms with E-state index in [-0.39, 0.29) is 12.1 Å². The summed E-state index contributed by atoms with van der Waals surface area (Å²) in [5.41, 5.74) is 6.58. The summed E-state index contributed by atoms with van der Waals surface area (Å²) in [5.74, 6) is 3.56. The summed E-state index contributed by atoms with van der Waals surface area (Å²) in [6.45, 7) is -0.230. The molecule has 0 fully saturated rings. The molecule has 0 aliphatic heterocycles. The first-order valence-electron chi connectivity index (χ1n) is 4.31. The zero-order valence-corrected chi connectivity index (χ0v) is 8.29. The summed E-state index contributed by atoms with van der Waals surface area (Å²) >= 11 is 0. The minimum atomic E-state index is -4.55. The lowest BCUT2D eigenvalue weighted by molar-refractivity contribution is -0.137. The molecule has 0 saturated carbocycles. The normalized spacial score (nSPS) is 10.1. The van der Waals surface area contributed by atoms with Crippen molar-refractivity contribution < 1.29 is 17.6 Å². The molecule has 1 aromatic rings. The molecular formula is C10H5F4N3. The van der Waals surface area contributed by atoms with Crippen LogP contribution in [0.3, 0.4) is 0 Å². The van der Waals surface area contributed by atoms with Crippen molar-refractivity contribution in [2.75, 3.05) is 6.54 Å². The second-order valence-corrected chi connectivity index (χ2v) is 2.88. The molecule has 0 unspecified atom stereocenters. The van der Waals surface area contributed by atoms with Gasteiger partial charge in [0.2, 0.25) is 0 Å². The third-order valence-electron chi connectivity index (χ3n) is 1.73. The van der Waals surface area contributed by atoms with Gasteiger partial charge in [-0.2, -0.15) is 13.2 Å². The number of nitrogens with zero attached hydrogens (tertiary/aromatic N) is 3. The number of azide groups is 1. The monoisotopic (exact) mass is 243 g/mol. The van der Waals surface area contributed by atoms with Crippen LogP contribution < -0.4 is 0 Å². The highest BCUT2D eigenvalue weighted by molar-refractivity contribution is 5.39. The second kappa shape index (κ2) is 5.23. The zero-order valence-electron chi connectivity index (χ0n) is 8.29. The van der Waals surface area contributed by atoms with Gasteiger partial charge in [0.25, 0.3) is 0 Å². The molecule has 0 radical (unpaired) electrons. The zero-order chi connectivity index (χ0) is 12.9. The van der Waals surface area contributed by atoms with Gasteiger partial charge in [-0.25, -0.2) is 4.39 Å². The van der Waals surface area contributed by atoms with E-state index in [0.29, 0.717) is 18.2 Å². The Balaban J connectivity index is 3.05. The first-order valence-corrected chi connectivity index (χ1v) is 4.31. The van der Waals surface area contributed by atoms with E-state index in [1.807, 2.05) is 0 Å². The SMILES string of the molecule is [N-]=[N+]=NCC#Cc1cc(C(F)(F)F)ccc1F. The molecule has 0 saturated heterocycles. The molecule has 0 atom stereocenters. The number of alkyl halides is 3. The fourth-order valence-electron chi connectivity index (χ4n) is 0.999. The van der Waals surface area contributed by atoms with Gasteiger partial charge in [0.15, 0.2) is 0 Å².